The normalized spacial score (nSPS) is 12.5. The van der Waals surface area contributed by atoms with Gasteiger partial charge in [0.2, 0.25) is 5.75 Å². The number of amides is 1. The maximum absolute atomic E-state index is 13.4. The van der Waals surface area contributed by atoms with Crippen molar-refractivity contribution in [3.63, 3.8) is 0 Å². The molecule has 0 radical (unpaired) electrons. The molecule has 0 aliphatic heterocycles. The lowest BCUT2D eigenvalue weighted by Gasteiger charge is -2.13. The Kier molecular flexibility index (Phi) is 8.59. The summed E-state index contributed by atoms with van der Waals surface area (Å²) in [6, 6.07) is 15.7. The molecule has 1 aromatic heterocycles. The van der Waals surface area contributed by atoms with Crippen molar-refractivity contribution >= 4 is 61.5 Å². The number of nitro benzene ring substituents is 2. The predicted molar refractivity (Wildman–Crippen MR) is 163 cm³/mol. The summed E-state index contributed by atoms with van der Waals surface area (Å²) in [5.41, 5.74) is 1.94. The number of carbonyl (C=O) groups is 1. The first-order valence-electron chi connectivity index (χ1n) is 12.8. The van der Waals surface area contributed by atoms with Crippen molar-refractivity contribution in [2.45, 2.75) is 25.7 Å². The lowest BCUT2D eigenvalue weighted by atomic mass is 9.95. The third-order valence-electron chi connectivity index (χ3n) is 6.56. The van der Waals surface area contributed by atoms with Crippen molar-refractivity contribution in [1.82, 2.24) is 0 Å². The van der Waals surface area contributed by atoms with E-state index in [1.165, 1.54) is 23.3 Å². The molecule has 0 fully saturated rings. The molecule has 13 heteroatoms. The van der Waals surface area contributed by atoms with Gasteiger partial charge in [-0.1, -0.05) is 18.2 Å². The number of para-hydroxylation sites is 1. The summed E-state index contributed by atoms with van der Waals surface area (Å²) in [7, 11) is 1.42. The second kappa shape index (κ2) is 12.5. The molecule has 1 aliphatic carbocycles. The van der Waals surface area contributed by atoms with E-state index in [0.29, 0.717) is 26.3 Å². The first kappa shape index (κ1) is 28.9. The van der Waals surface area contributed by atoms with Gasteiger partial charge in [-0.2, -0.15) is 0 Å². The highest BCUT2D eigenvalue weighted by Gasteiger charge is 2.26. The molecule has 4 aromatic rings. The van der Waals surface area contributed by atoms with Crippen molar-refractivity contribution in [3.8, 4) is 17.2 Å². The number of hydrogen-bond acceptors (Lipinski definition) is 9. The molecule has 1 N–H and O–H groups in total. The van der Waals surface area contributed by atoms with E-state index in [1.807, 2.05) is 30.3 Å². The highest BCUT2D eigenvalue weighted by molar-refractivity contribution is 9.10. The Hall–Kier alpha value is -4.62. The fourth-order valence-electron chi connectivity index (χ4n) is 4.60. The average Bonchev–Trinajstić information content (AvgIpc) is 3.36. The largest absolute Gasteiger partial charge is 0.493 e. The van der Waals surface area contributed by atoms with Gasteiger partial charge in [0, 0.05) is 22.8 Å². The molecule has 5 rings (SSSR count). The van der Waals surface area contributed by atoms with Crippen LogP contribution in [0.3, 0.4) is 0 Å². The van der Waals surface area contributed by atoms with E-state index in [4.69, 9.17) is 14.5 Å². The Morgan fingerprint density at radius 3 is 2.50 bits per heavy atom. The minimum Gasteiger partial charge on any atom is -0.493 e. The second-order valence-electron chi connectivity index (χ2n) is 9.27. The summed E-state index contributed by atoms with van der Waals surface area (Å²) < 4.78 is 11.7. The molecular formula is C29H23BrN4O7S. The summed E-state index contributed by atoms with van der Waals surface area (Å²) in [5, 5.41) is 26.2. The van der Waals surface area contributed by atoms with Gasteiger partial charge in [-0.3, -0.25) is 25.0 Å². The van der Waals surface area contributed by atoms with Crippen LogP contribution in [0.1, 0.15) is 39.2 Å². The van der Waals surface area contributed by atoms with Gasteiger partial charge in [0.05, 0.1) is 33.1 Å². The molecular weight excluding hydrogens is 628 g/mol. The van der Waals surface area contributed by atoms with Crippen molar-refractivity contribution < 1.29 is 24.1 Å². The second-order valence-corrected chi connectivity index (χ2v) is 11.2. The van der Waals surface area contributed by atoms with E-state index in [-0.39, 0.29) is 23.2 Å². The Labute approximate surface area is 252 Å². The molecule has 42 heavy (non-hydrogen) atoms. The molecule has 1 amide bonds. The minimum atomic E-state index is -0.754. The van der Waals surface area contributed by atoms with Crippen LogP contribution < -0.4 is 14.8 Å². The molecule has 0 unspecified atom stereocenters. The number of methoxy groups -OCH3 is 1. The molecule has 11 nitrogen and oxygen atoms in total. The van der Waals surface area contributed by atoms with Crippen LogP contribution in [0.2, 0.25) is 0 Å². The Balaban J connectivity index is 1.46. The van der Waals surface area contributed by atoms with Crippen LogP contribution in [-0.2, 0) is 12.8 Å². The number of thiophene rings is 1. The highest BCUT2D eigenvalue weighted by atomic mass is 79.9. The van der Waals surface area contributed by atoms with E-state index in [2.05, 4.69) is 21.2 Å². The van der Waals surface area contributed by atoms with Gasteiger partial charge in [0.15, 0.2) is 11.5 Å². The van der Waals surface area contributed by atoms with E-state index in [1.54, 1.807) is 18.3 Å². The van der Waals surface area contributed by atoms with Crippen LogP contribution in [0.25, 0.3) is 0 Å². The Morgan fingerprint density at radius 1 is 1.02 bits per heavy atom. The number of benzene rings is 3. The number of nitro groups is 2. The molecule has 3 aromatic carbocycles. The molecule has 0 spiro atoms. The first-order chi connectivity index (χ1) is 20.2. The number of carbonyl (C=O) groups excluding carboxylic acids is 1. The van der Waals surface area contributed by atoms with E-state index < -0.39 is 21.2 Å². The number of hydrogen-bond donors (Lipinski definition) is 1. The van der Waals surface area contributed by atoms with Crippen LogP contribution in [0, 0.1) is 20.2 Å². The maximum Gasteiger partial charge on any atom is 0.318 e. The van der Waals surface area contributed by atoms with Gasteiger partial charge < -0.3 is 14.8 Å². The van der Waals surface area contributed by atoms with E-state index in [0.717, 1.165) is 49.4 Å². The number of aliphatic imine (C=N–C) groups is 1. The van der Waals surface area contributed by atoms with Crippen molar-refractivity contribution in [1.29, 1.82) is 0 Å². The zero-order valence-corrected chi connectivity index (χ0v) is 24.6. The van der Waals surface area contributed by atoms with Crippen LogP contribution in [0.5, 0.6) is 17.2 Å². The maximum atomic E-state index is 13.4. The van der Waals surface area contributed by atoms with Gasteiger partial charge >= 0.3 is 5.69 Å². The molecule has 0 atom stereocenters. The van der Waals surface area contributed by atoms with Gasteiger partial charge in [-0.25, -0.2) is 4.99 Å². The SMILES string of the molecule is COc1cc(C=Nc2sc3c(c2C(=O)Nc2ccccc2)CCCC3)cc(Br)c1Oc1ccc([N+](=O)[O-])cc1[N+](=O)[O-]. The van der Waals surface area contributed by atoms with E-state index in [9.17, 15) is 25.0 Å². The number of fused-ring (bicyclic) bond motifs is 1. The number of non-ortho nitro benzene ring substituents is 1. The third kappa shape index (κ3) is 6.16. The summed E-state index contributed by atoms with van der Waals surface area (Å²) in [6.07, 6.45) is 5.41. The molecule has 0 saturated carbocycles. The topological polar surface area (TPSA) is 146 Å². The summed E-state index contributed by atoms with van der Waals surface area (Å²) in [5.74, 6) is -0.0173. The molecule has 0 bridgehead atoms. The lowest BCUT2D eigenvalue weighted by Crippen LogP contribution is -2.14. The van der Waals surface area contributed by atoms with E-state index >= 15 is 0 Å². The van der Waals surface area contributed by atoms with Crippen LogP contribution >= 0.6 is 27.3 Å². The van der Waals surface area contributed by atoms with Crippen molar-refractivity contribution in [2.75, 3.05) is 12.4 Å². The molecule has 214 valence electrons. The zero-order chi connectivity index (χ0) is 29.8. The average molecular weight is 651 g/mol. The van der Waals surface area contributed by atoms with Gasteiger partial charge in [0.25, 0.3) is 11.6 Å². The third-order valence-corrected chi connectivity index (χ3v) is 8.34. The monoisotopic (exact) mass is 650 g/mol. The number of nitrogens with zero attached hydrogens (tertiary/aromatic N) is 3. The Morgan fingerprint density at radius 2 is 1.79 bits per heavy atom. The number of anilines is 1. The van der Waals surface area contributed by atoms with Crippen LogP contribution in [0.4, 0.5) is 22.1 Å². The first-order valence-corrected chi connectivity index (χ1v) is 14.4. The van der Waals surface area contributed by atoms with Crippen LogP contribution in [-0.4, -0.2) is 29.1 Å². The lowest BCUT2D eigenvalue weighted by molar-refractivity contribution is -0.394. The molecule has 0 saturated heterocycles. The Bertz CT molecular complexity index is 1720. The minimum absolute atomic E-state index is 0.140. The summed E-state index contributed by atoms with van der Waals surface area (Å²) in [6.45, 7) is 0. The van der Waals surface area contributed by atoms with Gasteiger partial charge in [0.1, 0.15) is 5.00 Å². The summed E-state index contributed by atoms with van der Waals surface area (Å²) in [4.78, 5) is 40.4. The number of nitrogens with one attached hydrogen (secondary N) is 1. The van der Waals surface area contributed by atoms with Crippen molar-refractivity contribution in [2.24, 2.45) is 4.99 Å². The van der Waals surface area contributed by atoms with Crippen LogP contribution in [0.15, 0.2) is 70.1 Å². The number of aryl methyl sites for hydroxylation is 1. The molecule has 1 heterocycles. The standard InChI is InChI=1S/C29H23BrN4O7S/c1-40-24-14-17(13-21(30)27(24)41-23-12-11-19(33(36)37)15-22(23)34(38)39)16-31-29-26(20-9-5-6-10-25(20)42-29)28(35)32-18-7-3-2-4-8-18/h2-4,7-8,11-16H,5-6,9-10H2,1H3,(H,32,35). The number of halogens is 1. The summed E-state index contributed by atoms with van der Waals surface area (Å²) >= 11 is 4.95. The fourth-order valence-corrected chi connectivity index (χ4v) is 6.37. The molecule has 1 aliphatic rings. The number of rotatable bonds is 9. The van der Waals surface area contributed by atoms with Gasteiger partial charge in [-0.05, 0) is 83.1 Å². The smallest absolute Gasteiger partial charge is 0.318 e. The highest BCUT2D eigenvalue weighted by Crippen LogP contribution is 2.43. The fraction of sp³-hybridized carbons (Fsp3) is 0.172. The zero-order valence-electron chi connectivity index (χ0n) is 22.2. The van der Waals surface area contributed by atoms with Crippen molar-refractivity contribution in [3.05, 3.63) is 107 Å². The predicted octanol–water partition coefficient (Wildman–Crippen LogP) is 8.01. The quantitative estimate of drug-likeness (QED) is 0.110. The van der Waals surface area contributed by atoms with Gasteiger partial charge in [-0.15, -0.1) is 11.3 Å². The number of ether oxygens (including phenoxy) is 2.